The summed E-state index contributed by atoms with van der Waals surface area (Å²) in [7, 11) is 0. The van der Waals surface area contributed by atoms with E-state index in [1.54, 1.807) is 11.3 Å². The van der Waals surface area contributed by atoms with Gasteiger partial charge in [-0.2, -0.15) is 4.98 Å². The molecular formula is C7H10N6S. The van der Waals surface area contributed by atoms with Crippen molar-refractivity contribution in [3.05, 3.63) is 10.4 Å². The first-order valence-electron chi connectivity index (χ1n) is 4.12. The predicted molar refractivity (Wildman–Crippen MR) is 54.7 cm³/mol. The Balaban J connectivity index is 2.24. The summed E-state index contributed by atoms with van der Waals surface area (Å²) in [5.74, 6) is 0.829. The molecule has 0 amide bonds. The first-order valence-corrected chi connectivity index (χ1v) is 5.00. The SMILES string of the molecule is NCCc1nc(-c2nc(N)n[nH]2)cs1. The standard InChI is InChI=1S/C7H10N6S/c8-2-1-5-10-4(3-14-5)6-11-7(9)13-12-6/h3H,1-2,8H2,(H3,9,11,12,13). The highest BCUT2D eigenvalue weighted by molar-refractivity contribution is 7.09. The summed E-state index contributed by atoms with van der Waals surface area (Å²) in [6.45, 7) is 0.603. The zero-order chi connectivity index (χ0) is 9.97. The number of nitrogens with zero attached hydrogens (tertiary/aromatic N) is 3. The Bertz CT molecular complexity index is 419. The largest absolute Gasteiger partial charge is 0.366 e. The van der Waals surface area contributed by atoms with Crippen LogP contribution in [0.15, 0.2) is 5.38 Å². The second-order valence-corrected chi connectivity index (χ2v) is 3.65. The number of hydrogen-bond acceptors (Lipinski definition) is 6. The van der Waals surface area contributed by atoms with E-state index in [0.717, 1.165) is 17.1 Å². The van der Waals surface area contributed by atoms with Gasteiger partial charge >= 0.3 is 0 Å². The molecule has 0 fully saturated rings. The number of nitrogens with two attached hydrogens (primary N) is 2. The second kappa shape index (κ2) is 3.72. The molecule has 0 aliphatic carbocycles. The molecule has 0 aliphatic heterocycles. The van der Waals surface area contributed by atoms with Crippen LogP contribution in [0.25, 0.3) is 11.5 Å². The number of thiazole rings is 1. The molecule has 0 radical (unpaired) electrons. The molecule has 0 atom stereocenters. The minimum atomic E-state index is 0.230. The van der Waals surface area contributed by atoms with Gasteiger partial charge in [0.25, 0.3) is 0 Å². The Morgan fingerprint density at radius 3 is 2.93 bits per heavy atom. The Labute approximate surface area is 84.4 Å². The average molecular weight is 210 g/mol. The van der Waals surface area contributed by atoms with Crippen LogP contribution < -0.4 is 11.5 Å². The van der Waals surface area contributed by atoms with E-state index in [1.807, 2.05) is 5.38 Å². The molecule has 0 aliphatic rings. The van der Waals surface area contributed by atoms with Crippen molar-refractivity contribution in [2.45, 2.75) is 6.42 Å². The maximum absolute atomic E-state index is 5.42. The van der Waals surface area contributed by atoms with Crippen LogP contribution >= 0.6 is 11.3 Å². The van der Waals surface area contributed by atoms with Crippen LogP contribution in [-0.4, -0.2) is 26.7 Å². The first-order chi connectivity index (χ1) is 6.79. The summed E-state index contributed by atoms with van der Waals surface area (Å²) in [6.07, 6.45) is 0.786. The Kier molecular flexibility index (Phi) is 2.42. The minimum absolute atomic E-state index is 0.230. The number of aromatic nitrogens is 4. The van der Waals surface area contributed by atoms with Crippen LogP contribution in [0.4, 0.5) is 5.95 Å². The molecule has 0 saturated heterocycles. The van der Waals surface area contributed by atoms with Gasteiger partial charge < -0.3 is 11.5 Å². The zero-order valence-corrected chi connectivity index (χ0v) is 8.21. The summed E-state index contributed by atoms with van der Waals surface area (Å²) in [4.78, 5) is 8.31. The zero-order valence-electron chi connectivity index (χ0n) is 7.40. The Hall–Kier alpha value is -1.47. The highest BCUT2D eigenvalue weighted by Crippen LogP contribution is 2.18. The van der Waals surface area contributed by atoms with Crippen LogP contribution in [0.5, 0.6) is 0 Å². The van der Waals surface area contributed by atoms with E-state index in [2.05, 4.69) is 20.2 Å². The van der Waals surface area contributed by atoms with E-state index in [4.69, 9.17) is 11.5 Å². The van der Waals surface area contributed by atoms with Crippen molar-refractivity contribution < 1.29 is 0 Å². The van der Waals surface area contributed by atoms with Crippen molar-refractivity contribution in [3.63, 3.8) is 0 Å². The number of aromatic amines is 1. The first kappa shape index (κ1) is 9.10. The van der Waals surface area contributed by atoms with E-state index < -0.39 is 0 Å². The number of anilines is 1. The average Bonchev–Trinajstić information content (AvgIpc) is 2.74. The lowest BCUT2D eigenvalue weighted by Gasteiger charge is -1.88. The highest BCUT2D eigenvalue weighted by atomic mass is 32.1. The summed E-state index contributed by atoms with van der Waals surface area (Å²) in [6, 6.07) is 0. The van der Waals surface area contributed by atoms with E-state index in [-0.39, 0.29) is 5.95 Å². The molecule has 0 bridgehead atoms. The van der Waals surface area contributed by atoms with Gasteiger partial charge in [0, 0.05) is 11.8 Å². The Morgan fingerprint density at radius 1 is 1.43 bits per heavy atom. The summed E-state index contributed by atoms with van der Waals surface area (Å²) < 4.78 is 0. The molecule has 74 valence electrons. The molecule has 5 N–H and O–H groups in total. The van der Waals surface area contributed by atoms with Gasteiger partial charge in [-0.15, -0.1) is 16.4 Å². The van der Waals surface area contributed by atoms with Crippen molar-refractivity contribution in [2.24, 2.45) is 5.73 Å². The van der Waals surface area contributed by atoms with Gasteiger partial charge in [-0.25, -0.2) is 4.98 Å². The van der Waals surface area contributed by atoms with Gasteiger partial charge in [0.05, 0.1) is 5.01 Å². The fourth-order valence-electron chi connectivity index (χ4n) is 1.05. The van der Waals surface area contributed by atoms with Crippen LogP contribution in [0.1, 0.15) is 5.01 Å². The molecule has 0 unspecified atom stereocenters. The molecule has 2 heterocycles. The van der Waals surface area contributed by atoms with Crippen LogP contribution in [0, 0.1) is 0 Å². The topological polar surface area (TPSA) is 106 Å². The molecular weight excluding hydrogens is 200 g/mol. The number of nitrogen functional groups attached to an aromatic ring is 1. The van der Waals surface area contributed by atoms with E-state index >= 15 is 0 Å². The number of hydrogen-bond donors (Lipinski definition) is 3. The van der Waals surface area contributed by atoms with E-state index in [1.165, 1.54) is 0 Å². The lowest BCUT2D eigenvalue weighted by Crippen LogP contribution is -2.02. The molecule has 2 aromatic heterocycles. The molecule has 7 heteroatoms. The smallest absolute Gasteiger partial charge is 0.239 e. The molecule has 6 nitrogen and oxygen atoms in total. The fourth-order valence-corrected chi connectivity index (χ4v) is 1.85. The van der Waals surface area contributed by atoms with Gasteiger partial charge in [0.1, 0.15) is 5.69 Å². The lowest BCUT2D eigenvalue weighted by atomic mass is 10.4. The van der Waals surface area contributed by atoms with Gasteiger partial charge in [-0.3, -0.25) is 5.10 Å². The molecule has 2 rings (SSSR count). The maximum atomic E-state index is 5.42. The van der Waals surface area contributed by atoms with Crippen molar-refractivity contribution in [3.8, 4) is 11.5 Å². The third kappa shape index (κ3) is 1.73. The molecule has 0 spiro atoms. The lowest BCUT2D eigenvalue weighted by molar-refractivity contribution is 0.952. The third-order valence-electron chi connectivity index (χ3n) is 1.66. The fraction of sp³-hybridized carbons (Fsp3) is 0.286. The normalized spacial score (nSPS) is 10.6. The summed E-state index contributed by atoms with van der Waals surface area (Å²) in [5, 5.41) is 9.34. The quantitative estimate of drug-likeness (QED) is 0.661. The summed E-state index contributed by atoms with van der Waals surface area (Å²) >= 11 is 1.56. The molecule has 14 heavy (non-hydrogen) atoms. The van der Waals surface area contributed by atoms with Gasteiger partial charge in [-0.1, -0.05) is 0 Å². The molecule has 0 aromatic carbocycles. The van der Waals surface area contributed by atoms with E-state index in [9.17, 15) is 0 Å². The van der Waals surface area contributed by atoms with Crippen molar-refractivity contribution in [2.75, 3.05) is 12.3 Å². The van der Waals surface area contributed by atoms with Gasteiger partial charge in [-0.05, 0) is 6.54 Å². The monoisotopic (exact) mass is 210 g/mol. The van der Waals surface area contributed by atoms with E-state index in [0.29, 0.717) is 12.4 Å². The van der Waals surface area contributed by atoms with Crippen LogP contribution in [0.2, 0.25) is 0 Å². The van der Waals surface area contributed by atoms with Crippen molar-refractivity contribution in [1.29, 1.82) is 0 Å². The molecule has 2 aromatic rings. The maximum Gasteiger partial charge on any atom is 0.239 e. The predicted octanol–water partition coefficient (Wildman–Crippen LogP) is 0.0116. The highest BCUT2D eigenvalue weighted by Gasteiger charge is 2.07. The number of rotatable bonds is 3. The second-order valence-electron chi connectivity index (χ2n) is 2.71. The van der Waals surface area contributed by atoms with Crippen LogP contribution in [-0.2, 0) is 6.42 Å². The van der Waals surface area contributed by atoms with Crippen molar-refractivity contribution in [1.82, 2.24) is 20.2 Å². The van der Waals surface area contributed by atoms with Gasteiger partial charge in [0.15, 0.2) is 5.82 Å². The number of nitrogens with one attached hydrogen (secondary N) is 1. The number of H-pyrrole nitrogens is 1. The Morgan fingerprint density at radius 2 is 2.29 bits per heavy atom. The summed E-state index contributed by atoms with van der Waals surface area (Å²) in [5.41, 5.74) is 11.6. The van der Waals surface area contributed by atoms with Crippen LogP contribution in [0.3, 0.4) is 0 Å². The van der Waals surface area contributed by atoms with Crippen molar-refractivity contribution >= 4 is 17.3 Å². The molecule has 0 saturated carbocycles. The third-order valence-corrected chi connectivity index (χ3v) is 2.56. The van der Waals surface area contributed by atoms with Gasteiger partial charge in [0.2, 0.25) is 5.95 Å². The minimum Gasteiger partial charge on any atom is -0.366 e.